The lowest BCUT2D eigenvalue weighted by molar-refractivity contribution is -0.149. The molecule has 0 spiro atoms. The Bertz CT molecular complexity index is 1070. The third kappa shape index (κ3) is 4.90. The Balaban J connectivity index is 1.58. The molecule has 0 N–H and O–H groups in total. The summed E-state index contributed by atoms with van der Waals surface area (Å²) in [6.07, 6.45) is 3.10. The predicted molar refractivity (Wildman–Crippen MR) is 123 cm³/mol. The number of nitrogens with zero attached hydrogens (tertiary/aromatic N) is 3. The topological polar surface area (TPSA) is 64.4 Å². The fourth-order valence-corrected chi connectivity index (χ4v) is 4.10. The van der Waals surface area contributed by atoms with Crippen molar-refractivity contribution >= 4 is 11.9 Å². The van der Waals surface area contributed by atoms with Gasteiger partial charge in [-0.3, -0.25) is 14.3 Å². The average Bonchev–Trinajstić information content (AvgIpc) is 3.23. The molecule has 4 rings (SSSR count). The zero-order chi connectivity index (χ0) is 22.5. The van der Waals surface area contributed by atoms with Crippen LogP contribution >= 0.6 is 0 Å². The number of ether oxygens (including phenoxy) is 1. The molecule has 1 amide bonds. The molecule has 3 aromatic rings. The average molecular weight is 432 g/mol. The molecule has 0 bridgehead atoms. The lowest BCUT2D eigenvalue weighted by Crippen LogP contribution is -2.40. The maximum Gasteiger partial charge on any atom is 0.309 e. The fourth-order valence-electron chi connectivity index (χ4n) is 4.10. The van der Waals surface area contributed by atoms with Crippen molar-refractivity contribution < 1.29 is 14.3 Å². The van der Waals surface area contributed by atoms with Crippen molar-refractivity contribution in [1.82, 2.24) is 14.7 Å². The van der Waals surface area contributed by atoms with E-state index in [0.717, 1.165) is 16.7 Å². The summed E-state index contributed by atoms with van der Waals surface area (Å²) < 4.78 is 6.99. The van der Waals surface area contributed by atoms with E-state index in [1.165, 1.54) is 0 Å². The molecule has 0 aliphatic carbocycles. The minimum absolute atomic E-state index is 0.0396. The number of likely N-dealkylation sites (tertiary alicyclic amines) is 1. The maximum atomic E-state index is 13.5. The third-order valence-electron chi connectivity index (χ3n) is 5.91. The van der Waals surface area contributed by atoms with E-state index in [0.29, 0.717) is 50.3 Å². The van der Waals surface area contributed by atoms with Crippen LogP contribution in [0.15, 0.2) is 60.8 Å². The van der Waals surface area contributed by atoms with Crippen LogP contribution in [-0.4, -0.2) is 46.3 Å². The van der Waals surface area contributed by atoms with E-state index >= 15 is 0 Å². The van der Waals surface area contributed by atoms with E-state index in [-0.39, 0.29) is 17.8 Å². The van der Waals surface area contributed by atoms with Crippen molar-refractivity contribution in [1.29, 1.82) is 0 Å². The maximum absolute atomic E-state index is 13.5. The van der Waals surface area contributed by atoms with Crippen LogP contribution in [0.5, 0.6) is 0 Å². The number of piperidine rings is 1. The van der Waals surface area contributed by atoms with Crippen molar-refractivity contribution in [2.24, 2.45) is 5.92 Å². The van der Waals surface area contributed by atoms with E-state index in [9.17, 15) is 9.59 Å². The van der Waals surface area contributed by atoms with Gasteiger partial charge in [0.05, 0.1) is 24.6 Å². The molecule has 6 heteroatoms. The SMILES string of the molecule is CCOC(=O)C1CCN(C(=O)c2cn(Cc3ccccc3)nc2-c2ccc(C)cc2)CC1. The van der Waals surface area contributed by atoms with Crippen LogP contribution in [0.25, 0.3) is 11.3 Å². The van der Waals surface area contributed by atoms with Crippen molar-refractivity contribution in [3.05, 3.63) is 77.5 Å². The van der Waals surface area contributed by atoms with Crippen molar-refractivity contribution in [2.45, 2.75) is 33.2 Å². The van der Waals surface area contributed by atoms with Gasteiger partial charge in [-0.2, -0.15) is 5.10 Å². The Morgan fingerprint density at radius 1 is 1.03 bits per heavy atom. The number of benzene rings is 2. The number of hydrogen-bond donors (Lipinski definition) is 0. The molecule has 0 saturated carbocycles. The summed E-state index contributed by atoms with van der Waals surface area (Å²) in [4.78, 5) is 27.4. The van der Waals surface area contributed by atoms with Gasteiger partial charge in [-0.25, -0.2) is 0 Å². The molecule has 2 aromatic carbocycles. The van der Waals surface area contributed by atoms with E-state index < -0.39 is 0 Å². The first-order valence-corrected chi connectivity index (χ1v) is 11.2. The molecule has 1 saturated heterocycles. The number of hydrogen-bond acceptors (Lipinski definition) is 4. The Morgan fingerprint density at radius 2 is 1.72 bits per heavy atom. The first-order chi connectivity index (χ1) is 15.5. The Kier molecular flexibility index (Phi) is 6.69. The van der Waals surface area contributed by atoms with Gasteiger partial charge in [0.25, 0.3) is 5.91 Å². The largest absolute Gasteiger partial charge is 0.466 e. The fraction of sp³-hybridized carbons (Fsp3) is 0.346. The Labute approximate surface area is 188 Å². The summed E-state index contributed by atoms with van der Waals surface area (Å²) in [6, 6.07) is 18.2. The highest BCUT2D eigenvalue weighted by Crippen LogP contribution is 2.27. The molecular weight excluding hydrogens is 402 g/mol. The smallest absolute Gasteiger partial charge is 0.309 e. The number of amides is 1. The van der Waals surface area contributed by atoms with Crippen molar-refractivity contribution in [2.75, 3.05) is 19.7 Å². The van der Waals surface area contributed by atoms with Crippen molar-refractivity contribution in [3.8, 4) is 11.3 Å². The van der Waals surface area contributed by atoms with Gasteiger partial charge in [-0.15, -0.1) is 0 Å². The van der Waals surface area contributed by atoms with Crippen LogP contribution in [0.2, 0.25) is 0 Å². The second-order valence-corrected chi connectivity index (χ2v) is 8.26. The molecule has 166 valence electrons. The highest BCUT2D eigenvalue weighted by Gasteiger charge is 2.30. The van der Waals surface area contributed by atoms with Crippen LogP contribution in [0.1, 0.15) is 41.3 Å². The monoisotopic (exact) mass is 431 g/mol. The quantitative estimate of drug-likeness (QED) is 0.545. The zero-order valence-corrected chi connectivity index (χ0v) is 18.7. The highest BCUT2D eigenvalue weighted by atomic mass is 16.5. The summed E-state index contributed by atoms with van der Waals surface area (Å²) in [7, 11) is 0. The molecule has 1 fully saturated rings. The van der Waals surface area contributed by atoms with Gasteiger partial charge in [0.15, 0.2) is 0 Å². The second kappa shape index (κ2) is 9.81. The first kappa shape index (κ1) is 21.8. The molecule has 0 atom stereocenters. The second-order valence-electron chi connectivity index (χ2n) is 8.26. The lowest BCUT2D eigenvalue weighted by Gasteiger charge is -2.30. The molecular formula is C26H29N3O3. The molecule has 0 radical (unpaired) electrons. The minimum atomic E-state index is -0.157. The molecule has 1 aromatic heterocycles. The summed E-state index contributed by atoms with van der Waals surface area (Å²) in [6.45, 7) is 5.92. The van der Waals surface area contributed by atoms with Crippen molar-refractivity contribution in [3.63, 3.8) is 0 Å². The summed E-state index contributed by atoms with van der Waals surface area (Å²) in [5.74, 6) is -0.325. The van der Waals surface area contributed by atoms with Crippen LogP contribution in [0, 0.1) is 12.8 Å². The van der Waals surface area contributed by atoms with E-state index in [1.807, 2.05) is 72.1 Å². The van der Waals surface area contributed by atoms with Crippen LogP contribution in [0.3, 0.4) is 0 Å². The summed E-state index contributed by atoms with van der Waals surface area (Å²) in [5, 5.41) is 4.78. The predicted octanol–water partition coefficient (Wildman–Crippen LogP) is 4.32. The van der Waals surface area contributed by atoms with E-state index in [2.05, 4.69) is 12.1 Å². The standard InChI is InChI=1S/C26H29N3O3/c1-3-32-26(31)22-13-15-28(16-14-22)25(30)23-18-29(17-20-7-5-4-6-8-20)27-24(23)21-11-9-19(2)10-12-21/h4-12,18,22H,3,13-17H2,1-2H3. The van der Waals surface area contributed by atoms with Crippen LogP contribution < -0.4 is 0 Å². The normalized spacial score (nSPS) is 14.4. The minimum Gasteiger partial charge on any atom is -0.466 e. The van der Waals surface area contributed by atoms with Gasteiger partial charge in [0, 0.05) is 24.8 Å². The number of aromatic nitrogens is 2. The van der Waals surface area contributed by atoms with Gasteiger partial charge in [-0.1, -0.05) is 60.2 Å². The van der Waals surface area contributed by atoms with Gasteiger partial charge in [0.1, 0.15) is 5.69 Å². The van der Waals surface area contributed by atoms with Gasteiger partial charge in [0.2, 0.25) is 0 Å². The van der Waals surface area contributed by atoms with Gasteiger partial charge < -0.3 is 9.64 Å². The molecule has 1 aliphatic rings. The Hall–Kier alpha value is -3.41. The lowest BCUT2D eigenvalue weighted by atomic mass is 9.96. The Morgan fingerprint density at radius 3 is 2.38 bits per heavy atom. The molecule has 0 unspecified atom stereocenters. The summed E-state index contributed by atoms with van der Waals surface area (Å²) >= 11 is 0. The molecule has 2 heterocycles. The highest BCUT2D eigenvalue weighted by molar-refractivity contribution is 6.00. The molecule has 1 aliphatic heterocycles. The van der Waals surface area contributed by atoms with Crippen LogP contribution in [-0.2, 0) is 16.1 Å². The summed E-state index contributed by atoms with van der Waals surface area (Å²) in [5.41, 5.74) is 4.50. The molecule has 32 heavy (non-hydrogen) atoms. The van der Waals surface area contributed by atoms with E-state index in [1.54, 1.807) is 0 Å². The van der Waals surface area contributed by atoms with Crippen LogP contribution in [0.4, 0.5) is 0 Å². The first-order valence-electron chi connectivity index (χ1n) is 11.2. The van der Waals surface area contributed by atoms with Gasteiger partial charge >= 0.3 is 5.97 Å². The number of carbonyl (C=O) groups is 2. The number of carbonyl (C=O) groups excluding carboxylic acids is 2. The zero-order valence-electron chi connectivity index (χ0n) is 18.7. The number of esters is 1. The third-order valence-corrected chi connectivity index (χ3v) is 5.91. The number of aryl methyl sites for hydroxylation is 1. The number of rotatable bonds is 6. The van der Waals surface area contributed by atoms with Gasteiger partial charge in [-0.05, 0) is 32.3 Å². The molecule has 6 nitrogen and oxygen atoms in total. The van der Waals surface area contributed by atoms with E-state index in [4.69, 9.17) is 9.84 Å².